The maximum absolute atomic E-state index is 6.18. The SMILES string of the molecule is Clc1ccc(Cn2nc(CNCCc3c[nH]c4ccccc34)c(-c3ccccc3)n2)cc1Cl. The first kappa shape index (κ1) is 21.7. The van der Waals surface area contributed by atoms with E-state index in [-0.39, 0.29) is 0 Å². The van der Waals surface area contributed by atoms with Gasteiger partial charge in [0.25, 0.3) is 0 Å². The molecule has 0 aliphatic heterocycles. The topological polar surface area (TPSA) is 58.5 Å². The average Bonchev–Trinajstić information content (AvgIpc) is 3.44. The molecule has 7 heteroatoms. The Labute approximate surface area is 202 Å². The number of benzene rings is 3. The summed E-state index contributed by atoms with van der Waals surface area (Å²) < 4.78 is 0. The molecule has 166 valence electrons. The highest BCUT2D eigenvalue weighted by Gasteiger charge is 2.14. The second kappa shape index (κ2) is 9.79. The molecule has 5 rings (SSSR count). The summed E-state index contributed by atoms with van der Waals surface area (Å²) in [6, 6.07) is 24.1. The number of H-pyrrole nitrogens is 1. The van der Waals surface area contributed by atoms with Crippen LogP contribution in [0, 0.1) is 0 Å². The van der Waals surface area contributed by atoms with E-state index in [0.717, 1.165) is 35.5 Å². The summed E-state index contributed by atoms with van der Waals surface area (Å²) in [7, 11) is 0. The lowest BCUT2D eigenvalue weighted by molar-refractivity contribution is 0.577. The zero-order valence-corrected chi connectivity index (χ0v) is 19.4. The predicted molar refractivity (Wildman–Crippen MR) is 135 cm³/mol. The second-order valence-corrected chi connectivity index (χ2v) is 8.74. The fraction of sp³-hybridized carbons (Fsp3) is 0.154. The van der Waals surface area contributed by atoms with Crippen molar-refractivity contribution in [3.63, 3.8) is 0 Å². The quantitative estimate of drug-likeness (QED) is 0.266. The number of aromatic amines is 1. The van der Waals surface area contributed by atoms with E-state index in [1.165, 1.54) is 16.5 Å². The Morgan fingerprint density at radius 2 is 1.70 bits per heavy atom. The number of hydrogen-bond donors (Lipinski definition) is 2. The molecular formula is C26H23Cl2N5. The summed E-state index contributed by atoms with van der Waals surface area (Å²) in [5.41, 5.74) is 6.33. The Hall–Kier alpha value is -3.12. The first-order valence-electron chi connectivity index (χ1n) is 10.9. The average molecular weight is 476 g/mol. The zero-order chi connectivity index (χ0) is 22.6. The van der Waals surface area contributed by atoms with Gasteiger partial charge in [0.15, 0.2) is 0 Å². The van der Waals surface area contributed by atoms with Crippen LogP contribution >= 0.6 is 23.2 Å². The molecule has 0 unspecified atom stereocenters. The lowest BCUT2D eigenvalue weighted by atomic mass is 10.1. The van der Waals surface area contributed by atoms with Crippen molar-refractivity contribution in [3.8, 4) is 11.3 Å². The number of fused-ring (bicyclic) bond motifs is 1. The van der Waals surface area contributed by atoms with Crippen LogP contribution in [0.15, 0.2) is 79.0 Å². The highest BCUT2D eigenvalue weighted by Crippen LogP contribution is 2.24. The summed E-state index contributed by atoms with van der Waals surface area (Å²) in [5, 5.41) is 15.4. The van der Waals surface area contributed by atoms with E-state index in [0.29, 0.717) is 23.1 Å². The molecule has 0 atom stereocenters. The molecule has 0 saturated heterocycles. The molecule has 5 nitrogen and oxygen atoms in total. The maximum atomic E-state index is 6.18. The van der Waals surface area contributed by atoms with Crippen molar-refractivity contribution in [2.45, 2.75) is 19.5 Å². The molecule has 2 aromatic heterocycles. The molecule has 0 bridgehead atoms. The van der Waals surface area contributed by atoms with Crippen LogP contribution in [-0.2, 0) is 19.5 Å². The van der Waals surface area contributed by atoms with E-state index in [4.69, 9.17) is 33.4 Å². The van der Waals surface area contributed by atoms with E-state index in [9.17, 15) is 0 Å². The Balaban J connectivity index is 1.31. The minimum atomic E-state index is 0.520. The Morgan fingerprint density at radius 1 is 0.879 bits per heavy atom. The highest BCUT2D eigenvalue weighted by molar-refractivity contribution is 6.42. The van der Waals surface area contributed by atoms with E-state index < -0.39 is 0 Å². The van der Waals surface area contributed by atoms with Crippen LogP contribution < -0.4 is 5.32 Å². The normalized spacial score (nSPS) is 11.3. The number of aromatic nitrogens is 4. The van der Waals surface area contributed by atoms with Gasteiger partial charge in [-0.25, -0.2) is 0 Å². The van der Waals surface area contributed by atoms with Crippen LogP contribution in [-0.4, -0.2) is 26.5 Å². The number of para-hydroxylation sites is 1. The first-order chi connectivity index (χ1) is 16.2. The van der Waals surface area contributed by atoms with E-state index in [1.54, 1.807) is 10.9 Å². The molecule has 0 saturated carbocycles. The molecular weight excluding hydrogens is 453 g/mol. The molecule has 0 fully saturated rings. The van der Waals surface area contributed by atoms with Crippen molar-refractivity contribution in [1.82, 2.24) is 25.3 Å². The van der Waals surface area contributed by atoms with Crippen LogP contribution in [0.5, 0.6) is 0 Å². The van der Waals surface area contributed by atoms with Gasteiger partial charge in [-0.3, -0.25) is 0 Å². The second-order valence-electron chi connectivity index (χ2n) is 7.93. The van der Waals surface area contributed by atoms with Gasteiger partial charge in [0, 0.05) is 29.2 Å². The Bertz CT molecular complexity index is 1370. The summed E-state index contributed by atoms with van der Waals surface area (Å²) in [6.45, 7) is 2.00. The number of nitrogens with zero attached hydrogens (tertiary/aromatic N) is 3. The zero-order valence-electron chi connectivity index (χ0n) is 17.9. The smallest absolute Gasteiger partial charge is 0.117 e. The van der Waals surface area contributed by atoms with Crippen LogP contribution in [0.4, 0.5) is 0 Å². The number of halogens is 2. The molecule has 5 aromatic rings. The Kier molecular flexibility index (Phi) is 6.44. The number of hydrogen-bond acceptors (Lipinski definition) is 3. The molecule has 3 aromatic carbocycles. The predicted octanol–water partition coefficient (Wildman–Crippen LogP) is 6.11. The summed E-state index contributed by atoms with van der Waals surface area (Å²) >= 11 is 12.2. The van der Waals surface area contributed by atoms with Crippen molar-refractivity contribution >= 4 is 34.1 Å². The van der Waals surface area contributed by atoms with Gasteiger partial charge in [-0.2, -0.15) is 15.0 Å². The lowest BCUT2D eigenvalue weighted by Gasteiger charge is -2.04. The lowest BCUT2D eigenvalue weighted by Crippen LogP contribution is -2.17. The highest BCUT2D eigenvalue weighted by atomic mass is 35.5. The van der Waals surface area contributed by atoms with Gasteiger partial charge in [-0.05, 0) is 42.3 Å². The number of nitrogens with one attached hydrogen (secondary N) is 2. The van der Waals surface area contributed by atoms with Gasteiger partial charge in [-0.15, -0.1) is 0 Å². The molecule has 0 spiro atoms. The van der Waals surface area contributed by atoms with Gasteiger partial charge in [0.1, 0.15) is 11.4 Å². The van der Waals surface area contributed by atoms with Crippen molar-refractivity contribution in [2.24, 2.45) is 0 Å². The van der Waals surface area contributed by atoms with Gasteiger partial charge < -0.3 is 10.3 Å². The molecule has 33 heavy (non-hydrogen) atoms. The molecule has 2 N–H and O–H groups in total. The molecule has 0 radical (unpaired) electrons. The van der Waals surface area contributed by atoms with Gasteiger partial charge in [0.2, 0.25) is 0 Å². The number of rotatable bonds is 8. The standard InChI is InChI=1S/C26H23Cl2N5/c27-22-11-10-18(14-23(22)28)17-33-31-25(26(32-33)19-6-2-1-3-7-19)16-29-13-12-20-15-30-24-9-5-4-8-21(20)24/h1-11,14-15,29-30H,12-13,16-17H2. The molecule has 0 amide bonds. The minimum Gasteiger partial charge on any atom is -0.361 e. The van der Waals surface area contributed by atoms with Crippen molar-refractivity contribution in [3.05, 3.63) is 106 Å². The van der Waals surface area contributed by atoms with E-state index in [2.05, 4.69) is 46.8 Å². The van der Waals surface area contributed by atoms with Crippen LogP contribution in [0.3, 0.4) is 0 Å². The fourth-order valence-corrected chi connectivity index (χ4v) is 4.28. The van der Waals surface area contributed by atoms with Crippen LogP contribution in [0.25, 0.3) is 22.2 Å². The van der Waals surface area contributed by atoms with Crippen molar-refractivity contribution in [2.75, 3.05) is 6.54 Å². The molecule has 0 aliphatic carbocycles. The third kappa shape index (κ3) is 4.96. The van der Waals surface area contributed by atoms with E-state index in [1.807, 2.05) is 36.4 Å². The largest absolute Gasteiger partial charge is 0.361 e. The van der Waals surface area contributed by atoms with Crippen molar-refractivity contribution in [1.29, 1.82) is 0 Å². The summed E-state index contributed by atoms with van der Waals surface area (Å²) in [5.74, 6) is 0. The van der Waals surface area contributed by atoms with Crippen molar-refractivity contribution < 1.29 is 0 Å². The van der Waals surface area contributed by atoms with E-state index >= 15 is 0 Å². The van der Waals surface area contributed by atoms with Gasteiger partial charge in [0.05, 0.1) is 16.6 Å². The Morgan fingerprint density at radius 3 is 2.55 bits per heavy atom. The maximum Gasteiger partial charge on any atom is 0.117 e. The fourth-order valence-electron chi connectivity index (χ4n) is 3.96. The third-order valence-corrected chi connectivity index (χ3v) is 6.36. The van der Waals surface area contributed by atoms with Crippen LogP contribution in [0.2, 0.25) is 10.0 Å². The summed E-state index contributed by atoms with van der Waals surface area (Å²) in [4.78, 5) is 5.06. The van der Waals surface area contributed by atoms with Crippen LogP contribution in [0.1, 0.15) is 16.8 Å². The first-order valence-corrected chi connectivity index (χ1v) is 11.6. The minimum absolute atomic E-state index is 0.520. The van der Waals surface area contributed by atoms with Gasteiger partial charge in [-0.1, -0.05) is 77.8 Å². The third-order valence-electron chi connectivity index (χ3n) is 5.62. The monoisotopic (exact) mass is 475 g/mol. The van der Waals surface area contributed by atoms with Gasteiger partial charge >= 0.3 is 0 Å². The molecule has 2 heterocycles. The summed E-state index contributed by atoms with van der Waals surface area (Å²) in [6.07, 6.45) is 3.03. The molecule has 0 aliphatic rings.